The van der Waals surface area contributed by atoms with Gasteiger partial charge in [0.25, 0.3) is 0 Å². The number of hydrogen-bond acceptors (Lipinski definition) is 2. The summed E-state index contributed by atoms with van der Waals surface area (Å²) in [6.07, 6.45) is 1.38. The molecule has 21 heavy (non-hydrogen) atoms. The molecular formula is C15H18Br2FN3. The lowest BCUT2D eigenvalue weighted by Gasteiger charge is -2.16. The van der Waals surface area contributed by atoms with Crippen LogP contribution < -0.4 is 5.73 Å². The van der Waals surface area contributed by atoms with E-state index in [9.17, 15) is 4.39 Å². The summed E-state index contributed by atoms with van der Waals surface area (Å²) in [4.78, 5) is 0. The van der Waals surface area contributed by atoms with Gasteiger partial charge in [-0.1, -0.05) is 28.9 Å². The number of rotatable bonds is 5. The number of benzene rings is 1. The molecule has 114 valence electrons. The van der Waals surface area contributed by atoms with E-state index in [1.165, 1.54) is 6.07 Å². The number of halogens is 3. The molecule has 0 aliphatic carbocycles. The normalized spacial score (nSPS) is 12.7. The molecule has 2 N–H and O–H groups in total. The van der Waals surface area contributed by atoms with Crippen LogP contribution in [0.1, 0.15) is 36.8 Å². The third-order valence-corrected chi connectivity index (χ3v) is 5.08. The SMILES string of the molecule is CCc1nn(CC)c(CC(N)c2c(F)cccc2Br)c1Br. The molecule has 1 unspecified atom stereocenters. The fourth-order valence-electron chi connectivity index (χ4n) is 2.39. The summed E-state index contributed by atoms with van der Waals surface area (Å²) in [5.74, 6) is -0.286. The highest BCUT2D eigenvalue weighted by atomic mass is 79.9. The Hall–Kier alpha value is -0.720. The standard InChI is InChI=1S/C15H18Br2FN3/c1-3-12-15(17)13(21(4-2)20-12)8-11(19)14-9(16)6-5-7-10(14)18/h5-7,11H,3-4,8,19H2,1-2H3. The van der Waals surface area contributed by atoms with Crippen molar-refractivity contribution in [3.8, 4) is 0 Å². The topological polar surface area (TPSA) is 43.8 Å². The lowest BCUT2D eigenvalue weighted by molar-refractivity contribution is 0.552. The minimum atomic E-state index is -0.427. The van der Waals surface area contributed by atoms with Crippen molar-refractivity contribution in [2.45, 2.75) is 39.3 Å². The first kappa shape index (κ1) is 16.6. The number of aromatic nitrogens is 2. The van der Waals surface area contributed by atoms with Crippen LogP contribution in [0, 0.1) is 5.82 Å². The Morgan fingerprint density at radius 1 is 1.33 bits per heavy atom. The van der Waals surface area contributed by atoms with Crippen LogP contribution in [0.25, 0.3) is 0 Å². The Labute approximate surface area is 141 Å². The molecule has 6 heteroatoms. The maximum Gasteiger partial charge on any atom is 0.129 e. The molecule has 0 aliphatic heterocycles. The van der Waals surface area contributed by atoms with E-state index in [1.807, 2.05) is 17.7 Å². The fourth-order valence-corrected chi connectivity index (χ4v) is 3.75. The number of nitrogens with two attached hydrogens (primary N) is 1. The van der Waals surface area contributed by atoms with Gasteiger partial charge in [0.1, 0.15) is 5.82 Å². The molecule has 0 bridgehead atoms. The van der Waals surface area contributed by atoms with Gasteiger partial charge in [0.05, 0.1) is 15.9 Å². The largest absolute Gasteiger partial charge is 0.323 e. The van der Waals surface area contributed by atoms with E-state index < -0.39 is 6.04 Å². The van der Waals surface area contributed by atoms with Crippen LogP contribution in [-0.4, -0.2) is 9.78 Å². The maximum atomic E-state index is 14.0. The Balaban J connectivity index is 2.36. The summed E-state index contributed by atoms with van der Waals surface area (Å²) in [6.45, 7) is 4.86. The summed E-state index contributed by atoms with van der Waals surface area (Å²) in [7, 11) is 0. The molecular weight excluding hydrogens is 401 g/mol. The maximum absolute atomic E-state index is 14.0. The van der Waals surface area contributed by atoms with Gasteiger partial charge < -0.3 is 5.73 Å². The molecule has 0 fully saturated rings. The number of hydrogen-bond donors (Lipinski definition) is 1. The highest BCUT2D eigenvalue weighted by Crippen LogP contribution is 2.30. The van der Waals surface area contributed by atoms with Gasteiger partial charge >= 0.3 is 0 Å². The second kappa shape index (κ2) is 7.03. The molecule has 0 spiro atoms. The van der Waals surface area contributed by atoms with E-state index in [1.54, 1.807) is 6.07 Å². The molecule has 0 amide bonds. The summed E-state index contributed by atoms with van der Waals surface area (Å²) in [5.41, 5.74) is 8.76. The zero-order valence-electron chi connectivity index (χ0n) is 12.0. The third-order valence-electron chi connectivity index (χ3n) is 3.48. The Bertz CT molecular complexity index is 620. The van der Waals surface area contributed by atoms with Crippen molar-refractivity contribution < 1.29 is 4.39 Å². The lowest BCUT2D eigenvalue weighted by Crippen LogP contribution is -2.18. The van der Waals surface area contributed by atoms with Gasteiger partial charge in [0.2, 0.25) is 0 Å². The van der Waals surface area contributed by atoms with E-state index in [0.29, 0.717) is 16.5 Å². The molecule has 0 saturated heterocycles. The predicted molar refractivity (Wildman–Crippen MR) is 89.7 cm³/mol. The predicted octanol–water partition coefficient (Wildman–Crippen LogP) is 4.37. The summed E-state index contributed by atoms with van der Waals surface area (Å²) in [5, 5.41) is 4.55. The Morgan fingerprint density at radius 2 is 2.05 bits per heavy atom. The highest BCUT2D eigenvalue weighted by Gasteiger charge is 2.21. The first-order valence-corrected chi connectivity index (χ1v) is 8.51. The quantitative estimate of drug-likeness (QED) is 0.783. The Kier molecular flexibility index (Phi) is 5.57. The van der Waals surface area contributed by atoms with Crippen molar-refractivity contribution in [1.29, 1.82) is 0 Å². The molecule has 2 rings (SSSR count). The van der Waals surface area contributed by atoms with Crippen LogP contribution in [0.15, 0.2) is 27.1 Å². The molecule has 2 aromatic rings. The van der Waals surface area contributed by atoms with E-state index in [0.717, 1.165) is 28.8 Å². The summed E-state index contributed by atoms with van der Waals surface area (Å²) < 4.78 is 17.6. The second-order valence-corrected chi connectivity index (χ2v) is 6.47. The first-order chi connectivity index (χ1) is 9.99. The number of aryl methyl sites for hydroxylation is 2. The minimum Gasteiger partial charge on any atom is -0.323 e. The highest BCUT2D eigenvalue weighted by molar-refractivity contribution is 9.10. The molecule has 0 aliphatic rings. The third kappa shape index (κ3) is 3.38. The molecule has 3 nitrogen and oxygen atoms in total. The van der Waals surface area contributed by atoms with Gasteiger partial charge in [-0.2, -0.15) is 5.10 Å². The molecule has 0 saturated carbocycles. The van der Waals surface area contributed by atoms with Gasteiger partial charge in [-0.05, 0) is 41.4 Å². The summed E-state index contributed by atoms with van der Waals surface area (Å²) >= 11 is 6.98. The van der Waals surface area contributed by atoms with Crippen LogP contribution in [-0.2, 0) is 19.4 Å². The van der Waals surface area contributed by atoms with Crippen molar-refractivity contribution in [1.82, 2.24) is 9.78 Å². The van der Waals surface area contributed by atoms with Gasteiger partial charge in [-0.25, -0.2) is 4.39 Å². The molecule has 1 heterocycles. The molecule has 1 aromatic heterocycles. The van der Waals surface area contributed by atoms with E-state index in [4.69, 9.17) is 5.73 Å². The zero-order valence-corrected chi connectivity index (χ0v) is 15.2. The van der Waals surface area contributed by atoms with Crippen molar-refractivity contribution in [2.75, 3.05) is 0 Å². The van der Waals surface area contributed by atoms with Crippen LogP contribution in [0.5, 0.6) is 0 Å². The van der Waals surface area contributed by atoms with Crippen LogP contribution in [0.4, 0.5) is 4.39 Å². The average molecular weight is 419 g/mol. The molecule has 1 atom stereocenters. The van der Waals surface area contributed by atoms with Crippen molar-refractivity contribution in [3.05, 3.63) is 49.9 Å². The minimum absolute atomic E-state index is 0.286. The number of nitrogens with zero attached hydrogens (tertiary/aromatic N) is 2. The van der Waals surface area contributed by atoms with E-state index in [2.05, 4.69) is 43.9 Å². The van der Waals surface area contributed by atoms with Crippen LogP contribution in [0.3, 0.4) is 0 Å². The average Bonchev–Trinajstić information content (AvgIpc) is 2.75. The van der Waals surface area contributed by atoms with Gasteiger partial charge in [-0.3, -0.25) is 4.68 Å². The van der Waals surface area contributed by atoms with E-state index in [-0.39, 0.29) is 5.82 Å². The smallest absolute Gasteiger partial charge is 0.129 e. The first-order valence-electron chi connectivity index (χ1n) is 6.93. The van der Waals surface area contributed by atoms with Gasteiger partial charge in [0.15, 0.2) is 0 Å². The fraction of sp³-hybridized carbons (Fsp3) is 0.400. The zero-order chi connectivity index (χ0) is 15.6. The van der Waals surface area contributed by atoms with Crippen molar-refractivity contribution in [2.24, 2.45) is 5.73 Å². The molecule has 1 aromatic carbocycles. The molecule has 0 radical (unpaired) electrons. The lowest BCUT2D eigenvalue weighted by atomic mass is 10.0. The summed E-state index contributed by atoms with van der Waals surface area (Å²) in [6, 6.07) is 4.48. The van der Waals surface area contributed by atoms with Crippen molar-refractivity contribution >= 4 is 31.9 Å². The van der Waals surface area contributed by atoms with Crippen LogP contribution >= 0.6 is 31.9 Å². The van der Waals surface area contributed by atoms with Crippen LogP contribution in [0.2, 0.25) is 0 Å². The monoisotopic (exact) mass is 417 g/mol. The Morgan fingerprint density at radius 3 is 2.62 bits per heavy atom. The van der Waals surface area contributed by atoms with E-state index >= 15 is 0 Å². The second-order valence-electron chi connectivity index (χ2n) is 4.82. The van der Waals surface area contributed by atoms with Crippen molar-refractivity contribution in [3.63, 3.8) is 0 Å². The van der Waals surface area contributed by atoms with Gasteiger partial charge in [-0.15, -0.1) is 0 Å². The van der Waals surface area contributed by atoms with Gasteiger partial charge in [0, 0.05) is 29.0 Å².